The Labute approximate surface area is 74.4 Å². The summed E-state index contributed by atoms with van der Waals surface area (Å²) in [5.41, 5.74) is 0. The molecular formula is C10H19F2. The Bertz CT molecular complexity index is 100. The highest BCUT2D eigenvalue weighted by Gasteiger charge is 2.24. The molecule has 0 unspecified atom stereocenters. The molecule has 0 aliphatic heterocycles. The normalized spacial score (nSPS) is 12.0. The van der Waals surface area contributed by atoms with Gasteiger partial charge in [0.25, 0.3) is 0 Å². The first-order chi connectivity index (χ1) is 5.62. The Kier molecular flexibility index (Phi) is 6.31. The highest BCUT2D eigenvalue weighted by atomic mass is 19.3. The molecule has 12 heavy (non-hydrogen) atoms. The summed E-state index contributed by atoms with van der Waals surface area (Å²) in [5.74, 6) is -2.43. The number of hydrogen-bond donors (Lipinski definition) is 0. The van der Waals surface area contributed by atoms with Gasteiger partial charge in [-0.1, -0.05) is 39.5 Å². The second-order valence-corrected chi connectivity index (χ2v) is 3.23. The largest absolute Gasteiger partial charge is 0.247 e. The monoisotopic (exact) mass is 177 g/mol. The summed E-state index contributed by atoms with van der Waals surface area (Å²) in [7, 11) is 0. The van der Waals surface area contributed by atoms with Crippen LogP contribution in [0.15, 0.2) is 0 Å². The van der Waals surface area contributed by atoms with Gasteiger partial charge in [-0.15, -0.1) is 0 Å². The average Bonchev–Trinajstić information content (AvgIpc) is 2.04. The van der Waals surface area contributed by atoms with E-state index in [4.69, 9.17) is 0 Å². The smallest absolute Gasteiger partial charge is 0.207 e. The van der Waals surface area contributed by atoms with E-state index in [1.165, 1.54) is 6.92 Å². The summed E-state index contributed by atoms with van der Waals surface area (Å²) in [6, 6.07) is 0. The third kappa shape index (κ3) is 6.56. The van der Waals surface area contributed by atoms with Gasteiger partial charge in [0, 0.05) is 12.8 Å². The van der Waals surface area contributed by atoms with Crippen LogP contribution in [-0.2, 0) is 0 Å². The number of halogens is 2. The fraction of sp³-hybridized carbons (Fsp3) is 0.900. The van der Waals surface area contributed by atoms with Gasteiger partial charge in [0.2, 0.25) is 5.92 Å². The van der Waals surface area contributed by atoms with Gasteiger partial charge in [-0.3, -0.25) is 0 Å². The van der Waals surface area contributed by atoms with Gasteiger partial charge < -0.3 is 0 Å². The Morgan fingerprint density at radius 1 is 1.08 bits per heavy atom. The van der Waals surface area contributed by atoms with Gasteiger partial charge in [0.1, 0.15) is 0 Å². The highest BCUT2D eigenvalue weighted by molar-refractivity contribution is 4.63. The predicted octanol–water partition coefficient (Wildman–Crippen LogP) is 4.21. The summed E-state index contributed by atoms with van der Waals surface area (Å²) in [6.07, 6.45) is 4.64. The standard InChI is InChI=1S/C10H19F2/c1-3-5-6-7-8-9-10(11,12)4-2/h1,3-9H2,2H3. The lowest BCUT2D eigenvalue weighted by atomic mass is 10.1. The van der Waals surface area contributed by atoms with Crippen LogP contribution in [-0.4, -0.2) is 5.92 Å². The average molecular weight is 177 g/mol. The minimum Gasteiger partial charge on any atom is -0.207 e. The first-order valence-electron chi connectivity index (χ1n) is 4.79. The van der Waals surface area contributed by atoms with Crippen LogP contribution in [0, 0.1) is 6.92 Å². The number of rotatable bonds is 7. The fourth-order valence-corrected chi connectivity index (χ4v) is 1.09. The Balaban J connectivity index is 3.19. The summed E-state index contributed by atoms with van der Waals surface area (Å²) < 4.78 is 25.3. The van der Waals surface area contributed by atoms with E-state index in [0.29, 0.717) is 6.42 Å². The molecule has 0 aromatic carbocycles. The van der Waals surface area contributed by atoms with E-state index >= 15 is 0 Å². The van der Waals surface area contributed by atoms with Crippen LogP contribution in [0.3, 0.4) is 0 Å². The van der Waals surface area contributed by atoms with Crippen molar-refractivity contribution in [2.24, 2.45) is 0 Å². The molecular weight excluding hydrogens is 158 g/mol. The van der Waals surface area contributed by atoms with E-state index in [2.05, 4.69) is 6.92 Å². The van der Waals surface area contributed by atoms with Crippen LogP contribution in [0.5, 0.6) is 0 Å². The van der Waals surface area contributed by atoms with Gasteiger partial charge in [0.05, 0.1) is 0 Å². The lowest BCUT2D eigenvalue weighted by Gasteiger charge is -2.12. The van der Waals surface area contributed by atoms with Gasteiger partial charge in [-0.05, 0) is 6.42 Å². The lowest BCUT2D eigenvalue weighted by molar-refractivity contribution is -0.0137. The third-order valence-corrected chi connectivity index (χ3v) is 2.06. The summed E-state index contributed by atoms with van der Waals surface area (Å²) >= 11 is 0. The molecule has 2 heteroatoms. The van der Waals surface area contributed by atoms with Crippen LogP contribution < -0.4 is 0 Å². The molecule has 0 heterocycles. The molecule has 0 saturated heterocycles. The minimum atomic E-state index is -2.43. The van der Waals surface area contributed by atoms with Gasteiger partial charge in [0.15, 0.2) is 0 Å². The van der Waals surface area contributed by atoms with Crippen molar-refractivity contribution < 1.29 is 8.78 Å². The highest BCUT2D eigenvalue weighted by Crippen LogP contribution is 2.25. The van der Waals surface area contributed by atoms with Gasteiger partial charge >= 0.3 is 0 Å². The van der Waals surface area contributed by atoms with Crippen molar-refractivity contribution in [1.29, 1.82) is 0 Å². The molecule has 0 bridgehead atoms. The van der Waals surface area contributed by atoms with E-state index < -0.39 is 5.92 Å². The fourth-order valence-electron chi connectivity index (χ4n) is 1.09. The van der Waals surface area contributed by atoms with Crippen molar-refractivity contribution in [1.82, 2.24) is 0 Å². The van der Waals surface area contributed by atoms with Crippen molar-refractivity contribution in [2.75, 3.05) is 0 Å². The van der Waals surface area contributed by atoms with Crippen molar-refractivity contribution in [3.63, 3.8) is 0 Å². The van der Waals surface area contributed by atoms with Gasteiger partial charge in [-0.25, -0.2) is 8.78 Å². The molecule has 0 aliphatic carbocycles. The SMILES string of the molecule is [CH2]CCCCCCC(F)(F)CC. The lowest BCUT2D eigenvalue weighted by Crippen LogP contribution is -2.13. The summed E-state index contributed by atoms with van der Waals surface area (Å²) in [6.45, 7) is 5.24. The molecule has 0 atom stereocenters. The minimum absolute atomic E-state index is 0.0255. The number of hydrogen-bond acceptors (Lipinski definition) is 0. The third-order valence-electron chi connectivity index (χ3n) is 2.06. The number of alkyl halides is 2. The molecule has 0 rings (SSSR count). The maximum atomic E-state index is 12.6. The molecule has 0 aliphatic rings. The molecule has 73 valence electrons. The molecule has 0 fully saturated rings. The molecule has 0 saturated carbocycles. The van der Waals surface area contributed by atoms with Crippen LogP contribution >= 0.6 is 0 Å². The van der Waals surface area contributed by atoms with E-state index in [9.17, 15) is 8.78 Å². The van der Waals surface area contributed by atoms with E-state index in [1.807, 2.05) is 0 Å². The molecule has 0 nitrogen and oxygen atoms in total. The zero-order valence-corrected chi connectivity index (χ0v) is 7.91. The number of unbranched alkanes of at least 4 members (excludes halogenated alkanes) is 4. The van der Waals surface area contributed by atoms with Crippen LogP contribution in [0.1, 0.15) is 51.9 Å². The molecule has 0 spiro atoms. The van der Waals surface area contributed by atoms with Crippen molar-refractivity contribution >= 4 is 0 Å². The van der Waals surface area contributed by atoms with E-state index in [-0.39, 0.29) is 12.8 Å². The summed E-state index contributed by atoms with van der Waals surface area (Å²) in [5, 5.41) is 0. The Morgan fingerprint density at radius 3 is 2.17 bits per heavy atom. The van der Waals surface area contributed by atoms with Crippen LogP contribution in [0.4, 0.5) is 8.78 Å². The molecule has 0 amide bonds. The second-order valence-electron chi connectivity index (χ2n) is 3.23. The molecule has 1 radical (unpaired) electrons. The van der Waals surface area contributed by atoms with Gasteiger partial charge in [-0.2, -0.15) is 0 Å². The van der Waals surface area contributed by atoms with Crippen molar-refractivity contribution in [3.8, 4) is 0 Å². The zero-order chi connectivity index (χ0) is 9.45. The van der Waals surface area contributed by atoms with Crippen LogP contribution in [0.25, 0.3) is 0 Å². The topological polar surface area (TPSA) is 0 Å². The zero-order valence-electron chi connectivity index (χ0n) is 7.91. The van der Waals surface area contributed by atoms with Crippen LogP contribution in [0.2, 0.25) is 0 Å². The first kappa shape index (κ1) is 11.9. The second kappa shape index (κ2) is 6.38. The molecule has 0 N–H and O–H groups in total. The van der Waals surface area contributed by atoms with Crippen molar-refractivity contribution in [2.45, 2.75) is 57.8 Å². The summed E-state index contributed by atoms with van der Waals surface area (Å²) in [4.78, 5) is 0. The maximum absolute atomic E-state index is 12.6. The Morgan fingerprint density at radius 2 is 1.67 bits per heavy atom. The molecule has 0 aromatic rings. The van der Waals surface area contributed by atoms with E-state index in [0.717, 1.165) is 25.7 Å². The van der Waals surface area contributed by atoms with Crippen molar-refractivity contribution in [3.05, 3.63) is 6.92 Å². The molecule has 0 aromatic heterocycles. The Hall–Kier alpha value is -0.140. The predicted molar refractivity (Wildman–Crippen MR) is 48.3 cm³/mol. The van der Waals surface area contributed by atoms with E-state index in [1.54, 1.807) is 0 Å². The first-order valence-corrected chi connectivity index (χ1v) is 4.79. The maximum Gasteiger partial charge on any atom is 0.247 e. The quantitative estimate of drug-likeness (QED) is 0.511.